The van der Waals surface area contributed by atoms with Crippen LogP contribution in [0, 0.1) is 10.8 Å². The van der Waals surface area contributed by atoms with Gasteiger partial charge in [-0.25, -0.2) is 4.79 Å². The third-order valence-electron chi connectivity index (χ3n) is 4.07. The highest BCUT2D eigenvalue weighted by molar-refractivity contribution is 7.19. The number of hydrogen-bond donors (Lipinski definition) is 1. The molecule has 136 valence electrons. The van der Waals surface area contributed by atoms with E-state index in [4.69, 9.17) is 9.84 Å². The SMILES string of the molecule is CCC(OC(=O)C(C)(CC(C)(C)C)C(C)(C)P)C(F)(F)C(=O)O. The van der Waals surface area contributed by atoms with Crippen LogP contribution in [-0.2, 0) is 14.3 Å². The van der Waals surface area contributed by atoms with Gasteiger partial charge in [-0.05, 0) is 30.3 Å². The van der Waals surface area contributed by atoms with Gasteiger partial charge in [0.05, 0.1) is 5.41 Å². The van der Waals surface area contributed by atoms with E-state index in [0.29, 0.717) is 6.42 Å². The predicted octanol–water partition coefficient (Wildman–Crippen LogP) is 4.12. The molecule has 3 unspecified atom stereocenters. The summed E-state index contributed by atoms with van der Waals surface area (Å²) in [5, 5.41) is 8.04. The first-order chi connectivity index (χ1) is 9.99. The number of ether oxygens (including phenoxy) is 1. The van der Waals surface area contributed by atoms with Gasteiger partial charge >= 0.3 is 17.9 Å². The zero-order valence-corrected chi connectivity index (χ0v) is 16.2. The molecule has 1 N–H and O–H groups in total. The monoisotopic (exact) mass is 354 g/mol. The van der Waals surface area contributed by atoms with Gasteiger partial charge in [-0.2, -0.15) is 8.78 Å². The van der Waals surface area contributed by atoms with Crippen LogP contribution in [0.25, 0.3) is 0 Å². The van der Waals surface area contributed by atoms with Crippen LogP contribution < -0.4 is 0 Å². The van der Waals surface area contributed by atoms with Crippen LogP contribution in [0.1, 0.15) is 61.3 Å². The van der Waals surface area contributed by atoms with Crippen LogP contribution in [0.4, 0.5) is 8.78 Å². The maximum Gasteiger partial charge on any atom is 0.378 e. The molecule has 0 amide bonds. The van der Waals surface area contributed by atoms with Gasteiger partial charge in [-0.15, -0.1) is 9.24 Å². The largest absolute Gasteiger partial charge is 0.477 e. The van der Waals surface area contributed by atoms with E-state index in [1.165, 1.54) is 6.92 Å². The molecule has 0 aliphatic rings. The molecule has 0 heterocycles. The minimum Gasteiger partial charge on any atom is -0.477 e. The van der Waals surface area contributed by atoms with Gasteiger partial charge in [0.15, 0.2) is 6.10 Å². The Kier molecular flexibility index (Phi) is 6.77. The van der Waals surface area contributed by atoms with E-state index in [0.717, 1.165) is 0 Å². The van der Waals surface area contributed by atoms with Crippen molar-refractivity contribution >= 4 is 21.2 Å². The summed E-state index contributed by atoms with van der Waals surface area (Å²) in [7, 11) is 2.55. The first-order valence-corrected chi connectivity index (χ1v) is 8.18. The number of esters is 1. The van der Waals surface area contributed by atoms with Crippen molar-refractivity contribution in [2.75, 3.05) is 0 Å². The molecule has 0 fully saturated rings. The molecular weight excluding hydrogens is 325 g/mol. The summed E-state index contributed by atoms with van der Waals surface area (Å²) in [4.78, 5) is 23.4. The smallest absolute Gasteiger partial charge is 0.378 e. The molecule has 7 heteroatoms. The molecule has 0 spiro atoms. The Labute approximate surface area is 139 Å². The molecule has 0 bridgehead atoms. The summed E-state index contributed by atoms with van der Waals surface area (Å²) < 4.78 is 32.4. The Morgan fingerprint density at radius 3 is 1.83 bits per heavy atom. The van der Waals surface area contributed by atoms with Crippen molar-refractivity contribution in [2.45, 2.75) is 78.5 Å². The molecule has 0 radical (unpaired) electrons. The lowest BCUT2D eigenvalue weighted by atomic mass is 9.68. The number of alkyl halides is 2. The molecule has 0 aromatic rings. The molecule has 3 atom stereocenters. The molecule has 0 aliphatic heterocycles. The zero-order chi connectivity index (χ0) is 18.9. The van der Waals surface area contributed by atoms with E-state index in [1.807, 2.05) is 20.8 Å². The van der Waals surface area contributed by atoms with E-state index in [1.54, 1.807) is 20.8 Å². The molecule has 0 aliphatic carbocycles. The van der Waals surface area contributed by atoms with Crippen LogP contribution >= 0.6 is 9.24 Å². The number of carboxylic acids is 1. The quantitative estimate of drug-likeness (QED) is 0.552. The Morgan fingerprint density at radius 2 is 1.57 bits per heavy atom. The minimum atomic E-state index is -4.11. The van der Waals surface area contributed by atoms with Crippen molar-refractivity contribution in [1.29, 1.82) is 0 Å². The molecule has 0 rings (SSSR count). The lowest BCUT2D eigenvalue weighted by molar-refractivity contribution is -0.200. The van der Waals surface area contributed by atoms with Crippen molar-refractivity contribution in [3.05, 3.63) is 0 Å². The van der Waals surface area contributed by atoms with Crippen molar-refractivity contribution in [3.8, 4) is 0 Å². The van der Waals surface area contributed by atoms with Crippen LogP contribution in [0.2, 0.25) is 0 Å². The van der Waals surface area contributed by atoms with Crippen LogP contribution in [0.15, 0.2) is 0 Å². The number of aliphatic carboxylic acids is 1. The maximum absolute atomic E-state index is 13.7. The van der Waals surface area contributed by atoms with Gasteiger partial charge in [0, 0.05) is 0 Å². The second-order valence-corrected chi connectivity index (χ2v) is 9.46. The number of carbonyl (C=O) groups is 2. The van der Waals surface area contributed by atoms with Crippen LogP contribution in [0.3, 0.4) is 0 Å². The number of carbonyl (C=O) groups excluding carboxylic acids is 1. The molecule has 23 heavy (non-hydrogen) atoms. The molecule has 0 saturated heterocycles. The van der Waals surface area contributed by atoms with Gasteiger partial charge in [-0.3, -0.25) is 4.79 Å². The third kappa shape index (κ3) is 5.37. The summed E-state index contributed by atoms with van der Waals surface area (Å²) in [6.07, 6.45) is -1.86. The third-order valence-corrected chi connectivity index (χ3v) is 4.70. The van der Waals surface area contributed by atoms with E-state index in [9.17, 15) is 18.4 Å². The Bertz CT molecular complexity index is 452. The second-order valence-electron chi connectivity index (χ2n) is 8.02. The molecule has 0 aromatic heterocycles. The fourth-order valence-electron chi connectivity index (χ4n) is 2.43. The molecular formula is C16H29F2O4P. The fourth-order valence-corrected chi connectivity index (χ4v) is 2.65. The van der Waals surface area contributed by atoms with Gasteiger partial charge in [0.25, 0.3) is 0 Å². The van der Waals surface area contributed by atoms with E-state index >= 15 is 0 Å². The molecule has 0 aromatic carbocycles. The highest BCUT2D eigenvalue weighted by Crippen LogP contribution is 2.47. The average Bonchev–Trinajstić information content (AvgIpc) is 2.31. The first-order valence-electron chi connectivity index (χ1n) is 7.60. The van der Waals surface area contributed by atoms with E-state index in [2.05, 4.69) is 9.24 Å². The fraction of sp³-hybridized carbons (Fsp3) is 0.875. The number of halogens is 2. The topological polar surface area (TPSA) is 63.6 Å². The van der Waals surface area contributed by atoms with Gasteiger partial charge in [0.2, 0.25) is 0 Å². The average molecular weight is 354 g/mol. The molecule has 0 saturated carbocycles. The van der Waals surface area contributed by atoms with Crippen LogP contribution in [-0.4, -0.2) is 34.2 Å². The highest BCUT2D eigenvalue weighted by atomic mass is 31.0. The van der Waals surface area contributed by atoms with Crippen LogP contribution in [0.5, 0.6) is 0 Å². The molecule has 4 nitrogen and oxygen atoms in total. The summed E-state index contributed by atoms with van der Waals surface area (Å²) in [5.74, 6) is -7.21. The van der Waals surface area contributed by atoms with Gasteiger partial charge in [0.1, 0.15) is 0 Å². The predicted molar refractivity (Wildman–Crippen MR) is 88.7 cm³/mol. The van der Waals surface area contributed by atoms with Gasteiger partial charge in [-0.1, -0.05) is 41.5 Å². The highest BCUT2D eigenvalue weighted by Gasteiger charge is 2.53. The number of rotatable bonds is 7. The van der Waals surface area contributed by atoms with E-state index < -0.39 is 34.5 Å². The maximum atomic E-state index is 13.7. The summed E-state index contributed by atoms with van der Waals surface area (Å²) in [6.45, 7) is 12.5. The standard InChI is InChI=1S/C16H29F2O4P/c1-8-10(16(17,18)11(19)20)22-12(21)15(7,14(5,6)23)9-13(2,3)4/h10H,8-9,23H2,1-7H3,(H,19,20). The first kappa shape index (κ1) is 22.2. The normalized spacial score (nSPS) is 17.3. The minimum absolute atomic E-state index is 0.237. The van der Waals surface area contributed by atoms with Crippen molar-refractivity contribution in [3.63, 3.8) is 0 Å². The lowest BCUT2D eigenvalue weighted by Crippen LogP contribution is -2.51. The van der Waals surface area contributed by atoms with Crippen molar-refractivity contribution < 1.29 is 28.2 Å². The summed E-state index contributed by atoms with van der Waals surface area (Å²) >= 11 is 0. The number of carboxylic acid groups (broad SMARTS) is 1. The Morgan fingerprint density at radius 1 is 1.13 bits per heavy atom. The number of hydrogen-bond acceptors (Lipinski definition) is 3. The lowest BCUT2D eigenvalue weighted by Gasteiger charge is -2.44. The summed E-state index contributed by atoms with van der Waals surface area (Å²) in [6, 6.07) is 0. The Balaban J connectivity index is 5.62. The second kappa shape index (κ2) is 7.00. The van der Waals surface area contributed by atoms with E-state index in [-0.39, 0.29) is 11.8 Å². The van der Waals surface area contributed by atoms with Crippen molar-refractivity contribution in [2.24, 2.45) is 10.8 Å². The zero-order valence-electron chi connectivity index (χ0n) is 15.0. The van der Waals surface area contributed by atoms with Gasteiger partial charge < -0.3 is 9.84 Å². The summed E-state index contributed by atoms with van der Waals surface area (Å²) in [5.41, 5.74) is -1.30. The Hall–Kier alpha value is -0.770. The van der Waals surface area contributed by atoms with Crippen molar-refractivity contribution in [1.82, 2.24) is 0 Å².